The minimum absolute atomic E-state index is 0.0718. The number of aromatic nitrogens is 2. The lowest BCUT2D eigenvalue weighted by atomic mass is 10.0. The lowest BCUT2D eigenvalue weighted by Gasteiger charge is -2.27. The predicted molar refractivity (Wildman–Crippen MR) is 103 cm³/mol. The number of rotatable bonds is 3. The molecule has 1 aliphatic heterocycles. The predicted octanol–water partition coefficient (Wildman–Crippen LogP) is 2.71. The van der Waals surface area contributed by atoms with E-state index < -0.39 is 0 Å². The third-order valence-corrected chi connectivity index (χ3v) is 4.92. The first-order valence-electron chi connectivity index (χ1n) is 8.92. The number of H-pyrrole nitrogens is 1. The fraction of sp³-hybridized carbons (Fsp3) is 0.238. The van der Waals surface area contributed by atoms with Crippen molar-refractivity contribution >= 4 is 0 Å². The van der Waals surface area contributed by atoms with Gasteiger partial charge in [0.05, 0.1) is 5.69 Å². The molecule has 0 amide bonds. The molecule has 0 saturated heterocycles. The quantitative estimate of drug-likeness (QED) is 0.623. The molecular weight excluding hydrogens is 342 g/mol. The third kappa shape index (κ3) is 3.57. The number of fused-ring (bicyclic) bond motifs is 1. The first kappa shape index (κ1) is 17.3. The molecule has 0 spiro atoms. The molecule has 2 heterocycles. The number of aryl methyl sites for hydroxylation is 1. The van der Waals surface area contributed by atoms with Crippen LogP contribution >= 0.6 is 0 Å². The molecule has 6 heteroatoms. The van der Waals surface area contributed by atoms with Gasteiger partial charge < -0.3 is 15.2 Å². The van der Waals surface area contributed by atoms with Crippen LogP contribution in [-0.4, -0.2) is 31.6 Å². The van der Waals surface area contributed by atoms with Crippen molar-refractivity contribution in [2.24, 2.45) is 0 Å². The van der Waals surface area contributed by atoms with Gasteiger partial charge in [-0.25, -0.2) is 4.98 Å². The smallest absolute Gasteiger partial charge is 0.254 e. The second-order valence-electron chi connectivity index (χ2n) is 6.99. The van der Waals surface area contributed by atoms with Crippen LogP contribution in [0.3, 0.4) is 0 Å². The van der Waals surface area contributed by atoms with Crippen LogP contribution < -0.4 is 5.56 Å². The van der Waals surface area contributed by atoms with E-state index in [1.807, 2.05) is 31.2 Å². The van der Waals surface area contributed by atoms with Crippen molar-refractivity contribution in [2.45, 2.75) is 26.4 Å². The molecule has 3 N–H and O–H groups in total. The van der Waals surface area contributed by atoms with Gasteiger partial charge in [0.2, 0.25) is 0 Å². The topological polar surface area (TPSA) is 89.5 Å². The van der Waals surface area contributed by atoms with E-state index in [-0.39, 0.29) is 17.1 Å². The molecule has 27 heavy (non-hydrogen) atoms. The van der Waals surface area contributed by atoms with E-state index in [1.54, 1.807) is 12.1 Å². The standard InChI is InChI=1S/C21H21N3O3/c1-13-2-5-15(6-3-13)20-22-17-12-24(9-8-16(17)21(27)23-20)11-14-4-7-18(25)19(26)10-14/h2-7,10,25-26H,8-9,11-12H2,1H3,(H,22,23,27). The van der Waals surface area contributed by atoms with Gasteiger partial charge in [0.25, 0.3) is 5.56 Å². The lowest BCUT2D eigenvalue weighted by Crippen LogP contribution is -2.35. The highest BCUT2D eigenvalue weighted by atomic mass is 16.3. The molecule has 0 aliphatic carbocycles. The molecular formula is C21H21N3O3. The average molecular weight is 363 g/mol. The van der Waals surface area contributed by atoms with Crippen LogP contribution in [0.2, 0.25) is 0 Å². The largest absolute Gasteiger partial charge is 0.504 e. The van der Waals surface area contributed by atoms with Crippen molar-refractivity contribution in [1.29, 1.82) is 0 Å². The van der Waals surface area contributed by atoms with Gasteiger partial charge in [-0.1, -0.05) is 35.9 Å². The number of phenols is 2. The molecule has 2 aromatic carbocycles. The first-order valence-corrected chi connectivity index (χ1v) is 8.92. The summed E-state index contributed by atoms with van der Waals surface area (Å²) in [5, 5.41) is 19.1. The highest BCUT2D eigenvalue weighted by Crippen LogP contribution is 2.26. The zero-order valence-electron chi connectivity index (χ0n) is 15.1. The molecule has 0 bridgehead atoms. The van der Waals surface area contributed by atoms with Crippen molar-refractivity contribution < 1.29 is 10.2 Å². The summed E-state index contributed by atoms with van der Waals surface area (Å²) in [6.45, 7) is 3.94. The minimum atomic E-state index is -0.126. The number of hydrogen-bond donors (Lipinski definition) is 3. The normalized spacial score (nSPS) is 14.1. The van der Waals surface area contributed by atoms with E-state index >= 15 is 0 Å². The zero-order chi connectivity index (χ0) is 19.0. The van der Waals surface area contributed by atoms with Crippen LogP contribution in [-0.2, 0) is 19.5 Å². The Bertz CT molecular complexity index is 1040. The molecule has 3 aromatic rings. The van der Waals surface area contributed by atoms with Crippen LogP contribution in [0.5, 0.6) is 11.5 Å². The maximum Gasteiger partial charge on any atom is 0.254 e. The third-order valence-electron chi connectivity index (χ3n) is 4.92. The Labute approximate surface area is 156 Å². The van der Waals surface area contributed by atoms with Gasteiger partial charge >= 0.3 is 0 Å². The molecule has 0 saturated carbocycles. The van der Waals surface area contributed by atoms with Crippen molar-refractivity contribution in [3.05, 3.63) is 75.2 Å². The van der Waals surface area contributed by atoms with Crippen molar-refractivity contribution in [2.75, 3.05) is 6.54 Å². The second kappa shape index (κ2) is 6.89. The van der Waals surface area contributed by atoms with Gasteiger partial charge in [0.1, 0.15) is 5.82 Å². The van der Waals surface area contributed by atoms with Crippen molar-refractivity contribution in [3.8, 4) is 22.9 Å². The molecule has 0 fully saturated rings. The summed E-state index contributed by atoms with van der Waals surface area (Å²) in [6, 6.07) is 12.7. The Morgan fingerprint density at radius 3 is 2.63 bits per heavy atom. The summed E-state index contributed by atoms with van der Waals surface area (Å²) in [4.78, 5) is 22.3. The maximum atomic E-state index is 12.5. The highest BCUT2D eigenvalue weighted by Gasteiger charge is 2.21. The van der Waals surface area contributed by atoms with E-state index in [0.29, 0.717) is 25.3 Å². The fourth-order valence-corrected chi connectivity index (χ4v) is 3.40. The van der Waals surface area contributed by atoms with E-state index in [0.717, 1.165) is 34.5 Å². The van der Waals surface area contributed by atoms with E-state index in [9.17, 15) is 15.0 Å². The number of phenolic OH excluding ortho intramolecular Hbond substituents is 2. The molecule has 0 unspecified atom stereocenters. The van der Waals surface area contributed by atoms with Crippen LogP contribution in [0.25, 0.3) is 11.4 Å². The molecule has 1 aliphatic rings. The molecule has 4 rings (SSSR count). The summed E-state index contributed by atoms with van der Waals surface area (Å²) in [5.74, 6) is 0.336. The monoisotopic (exact) mass is 363 g/mol. The molecule has 0 atom stereocenters. The average Bonchev–Trinajstić information content (AvgIpc) is 2.65. The van der Waals surface area contributed by atoms with Gasteiger partial charge in [-0.15, -0.1) is 0 Å². The molecule has 138 valence electrons. The van der Waals surface area contributed by atoms with Gasteiger partial charge in [-0.3, -0.25) is 9.69 Å². The van der Waals surface area contributed by atoms with Crippen LogP contribution in [0.15, 0.2) is 47.3 Å². The van der Waals surface area contributed by atoms with Gasteiger partial charge in [-0.05, 0) is 31.0 Å². The Balaban J connectivity index is 1.60. The van der Waals surface area contributed by atoms with Crippen LogP contribution in [0, 0.1) is 6.92 Å². The SMILES string of the molecule is Cc1ccc(-c2nc3c(c(=O)[nH]2)CCN(Cc2ccc(O)c(O)c2)C3)cc1. The number of benzene rings is 2. The van der Waals surface area contributed by atoms with Crippen LogP contribution in [0.4, 0.5) is 0 Å². The van der Waals surface area contributed by atoms with Crippen molar-refractivity contribution in [3.63, 3.8) is 0 Å². The number of nitrogens with zero attached hydrogens (tertiary/aromatic N) is 2. The number of aromatic hydroxyl groups is 2. The first-order chi connectivity index (χ1) is 13.0. The Morgan fingerprint density at radius 1 is 1.11 bits per heavy atom. The summed E-state index contributed by atoms with van der Waals surface area (Å²) in [6.07, 6.45) is 0.635. The highest BCUT2D eigenvalue weighted by molar-refractivity contribution is 5.55. The Kier molecular flexibility index (Phi) is 4.41. The summed E-state index contributed by atoms with van der Waals surface area (Å²) in [7, 11) is 0. The summed E-state index contributed by atoms with van der Waals surface area (Å²) in [5.41, 5.74) is 4.41. The van der Waals surface area contributed by atoms with E-state index in [1.165, 1.54) is 6.07 Å². The Morgan fingerprint density at radius 2 is 1.89 bits per heavy atom. The van der Waals surface area contributed by atoms with E-state index in [2.05, 4.69) is 9.88 Å². The van der Waals surface area contributed by atoms with Crippen LogP contribution in [0.1, 0.15) is 22.4 Å². The molecule has 6 nitrogen and oxygen atoms in total. The molecule has 1 aromatic heterocycles. The van der Waals surface area contributed by atoms with E-state index in [4.69, 9.17) is 4.98 Å². The molecule has 0 radical (unpaired) electrons. The lowest BCUT2D eigenvalue weighted by molar-refractivity contribution is 0.240. The van der Waals surface area contributed by atoms with Gasteiger partial charge in [0.15, 0.2) is 11.5 Å². The fourth-order valence-electron chi connectivity index (χ4n) is 3.40. The number of aromatic amines is 1. The minimum Gasteiger partial charge on any atom is -0.504 e. The Hall–Kier alpha value is -3.12. The van der Waals surface area contributed by atoms with Gasteiger partial charge in [0, 0.05) is 30.8 Å². The summed E-state index contributed by atoms with van der Waals surface area (Å²) < 4.78 is 0. The summed E-state index contributed by atoms with van der Waals surface area (Å²) >= 11 is 0. The van der Waals surface area contributed by atoms with Gasteiger partial charge in [-0.2, -0.15) is 0 Å². The zero-order valence-corrected chi connectivity index (χ0v) is 15.1. The maximum absolute atomic E-state index is 12.5. The number of hydrogen-bond acceptors (Lipinski definition) is 5. The van der Waals surface area contributed by atoms with Crippen molar-refractivity contribution in [1.82, 2.24) is 14.9 Å². The second-order valence-corrected chi connectivity index (χ2v) is 6.99. The number of nitrogens with one attached hydrogen (secondary N) is 1.